The van der Waals surface area contributed by atoms with Crippen LogP contribution < -0.4 is 15.4 Å². The van der Waals surface area contributed by atoms with Crippen LogP contribution in [0.15, 0.2) is 6.33 Å². The molecule has 0 saturated heterocycles. The predicted octanol–water partition coefficient (Wildman–Crippen LogP) is 0.722. The van der Waals surface area contributed by atoms with E-state index < -0.39 is 4.92 Å². The Hall–Kier alpha value is -2.45. The summed E-state index contributed by atoms with van der Waals surface area (Å²) in [6.07, 6.45) is 2.21. The van der Waals surface area contributed by atoms with Gasteiger partial charge in [0.05, 0.1) is 12.0 Å². The van der Waals surface area contributed by atoms with E-state index >= 15 is 0 Å². The molecule has 0 unspecified atom stereocenters. The average molecular weight is 283 g/mol. The molecule has 1 amide bonds. The van der Waals surface area contributed by atoms with E-state index in [9.17, 15) is 14.9 Å². The third kappa shape index (κ3) is 4.34. The fourth-order valence-electron chi connectivity index (χ4n) is 1.45. The highest BCUT2D eigenvalue weighted by Gasteiger charge is 2.23. The molecule has 110 valence electrons. The van der Waals surface area contributed by atoms with Crippen LogP contribution in [0.4, 0.5) is 11.5 Å². The largest absolute Gasteiger partial charge is 0.476 e. The van der Waals surface area contributed by atoms with Gasteiger partial charge in [0.1, 0.15) is 6.33 Å². The number of ether oxygens (including phenoxy) is 1. The van der Waals surface area contributed by atoms with Gasteiger partial charge in [0.25, 0.3) is 5.88 Å². The number of nitro groups is 1. The lowest BCUT2D eigenvalue weighted by Gasteiger charge is -2.07. The number of carbonyl (C=O) groups excluding carboxylic acids is 1. The maximum atomic E-state index is 11.4. The van der Waals surface area contributed by atoms with Gasteiger partial charge in [0.15, 0.2) is 0 Å². The van der Waals surface area contributed by atoms with Crippen molar-refractivity contribution in [2.75, 3.05) is 25.5 Å². The molecule has 0 aliphatic rings. The number of amides is 1. The highest BCUT2D eigenvalue weighted by atomic mass is 16.6. The lowest BCUT2D eigenvalue weighted by Crippen LogP contribution is -2.26. The number of rotatable bonds is 8. The lowest BCUT2D eigenvalue weighted by atomic mass is 10.3. The second kappa shape index (κ2) is 7.87. The van der Waals surface area contributed by atoms with E-state index in [4.69, 9.17) is 4.74 Å². The summed E-state index contributed by atoms with van der Waals surface area (Å²) in [6, 6.07) is 0. The van der Waals surface area contributed by atoms with E-state index in [2.05, 4.69) is 20.6 Å². The average Bonchev–Trinajstić information content (AvgIpc) is 2.44. The van der Waals surface area contributed by atoms with E-state index in [1.165, 1.54) is 7.11 Å². The molecule has 1 heterocycles. The highest BCUT2D eigenvalue weighted by molar-refractivity contribution is 5.76. The first-order chi connectivity index (χ1) is 9.60. The van der Waals surface area contributed by atoms with Gasteiger partial charge >= 0.3 is 5.69 Å². The minimum Gasteiger partial charge on any atom is -0.476 e. The summed E-state index contributed by atoms with van der Waals surface area (Å²) in [5.74, 6) is -0.212. The molecule has 0 spiro atoms. The normalized spacial score (nSPS) is 9.90. The van der Waals surface area contributed by atoms with Crippen molar-refractivity contribution >= 4 is 17.4 Å². The molecular formula is C11H17N5O4. The summed E-state index contributed by atoms with van der Waals surface area (Å²) in [5, 5.41) is 16.4. The maximum absolute atomic E-state index is 11.4. The summed E-state index contributed by atoms with van der Waals surface area (Å²) in [7, 11) is 1.29. The van der Waals surface area contributed by atoms with Gasteiger partial charge in [-0.2, -0.15) is 4.98 Å². The number of carbonyl (C=O) groups is 1. The SMILES string of the molecule is CCCNC(=O)CCNc1ncnc(OC)c1[N+](=O)[O-]. The number of aromatic nitrogens is 2. The second-order valence-corrected chi connectivity index (χ2v) is 3.86. The molecule has 0 aliphatic heterocycles. The number of nitrogens with zero attached hydrogens (tertiary/aromatic N) is 3. The second-order valence-electron chi connectivity index (χ2n) is 3.86. The Kier molecular flexibility index (Phi) is 6.14. The Morgan fingerprint density at radius 2 is 2.20 bits per heavy atom. The van der Waals surface area contributed by atoms with Gasteiger partial charge in [0.2, 0.25) is 11.7 Å². The van der Waals surface area contributed by atoms with Crippen molar-refractivity contribution in [2.45, 2.75) is 19.8 Å². The van der Waals surface area contributed by atoms with Gasteiger partial charge in [-0.1, -0.05) is 6.92 Å². The molecule has 0 atom stereocenters. The maximum Gasteiger partial charge on any atom is 0.372 e. The van der Waals surface area contributed by atoms with Gasteiger partial charge in [-0.05, 0) is 6.42 Å². The Labute approximate surface area is 115 Å². The summed E-state index contributed by atoms with van der Waals surface area (Å²) < 4.78 is 4.82. The molecule has 9 nitrogen and oxygen atoms in total. The number of hydrogen-bond donors (Lipinski definition) is 2. The minimum atomic E-state index is -0.627. The Bertz CT molecular complexity index is 480. The van der Waals surface area contributed by atoms with Crippen molar-refractivity contribution < 1.29 is 14.5 Å². The van der Waals surface area contributed by atoms with Crippen LogP contribution in [0, 0.1) is 10.1 Å². The predicted molar refractivity (Wildman–Crippen MR) is 71.6 cm³/mol. The molecule has 9 heteroatoms. The van der Waals surface area contributed by atoms with E-state index in [1.54, 1.807) is 0 Å². The molecular weight excluding hydrogens is 266 g/mol. The highest BCUT2D eigenvalue weighted by Crippen LogP contribution is 2.30. The first kappa shape index (κ1) is 15.6. The van der Waals surface area contributed by atoms with Crippen molar-refractivity contribution in [3.63, 3.8) is 0 Å². The molecule has 1 rings (SSSR count). The minimum absolute atomic E-state index is 0.0325. The first-order valence-electron chi connectivity index (χ1n) is 6.14. The van der Waals surface area contributed by atoms with E-state index in [0.29, 0.717) is 6.54 Å². The summed E-state index contributed by atoms with van der Waals surface area (Å²) in [5.41, 5.74) is -0.344. The van der Waals surface area contributed by atoms with E-state index in [1.807, 2.05) is 6.92 Å². The van der Waals surface area contributed by atoms with Crippen LogP contribution >= 0.6 is 0 Å². The van der Waals surface area contributed by atoms with Crippen LogP contribution in [0.25, 0.3) is 0 Å². The zero-order valence-electron chi connectivity index (χ0n) is 11.4. The monoisotopic (exact) mass is 283 g/mol. The number of hydrogen-bond acceptors (Lipinski definition) is 7. The van der Waals surface area contributed by atoms with Crippen molar-refractivity contribution in [2.24, 2.45) is 0 Å². The Morgan fingerprint density at radius 1 is 1.45 bits per heavy atom. The molecule has 1 aromatic rings. The number of anilines is 1. The smallest absolute Gasteiger partial charge is 0.372 e. The van der Waals surface area contributed by atoms with Crippen molar-refractivity contribution in [1.29, 1.82) is 0 Å². The fraction of sp³-hybridized carbons (Fsp3) is 0.545. The van der Waals surface area contributed by atoms with Gasteiger partial charge in [-0.25, -0.2) is 4.98 Å². The van der Waals surface area contributed by atoms with Crippen molar-refractivity contribution in [1.82, 2.24) is 15.3 Å². The van der Waals surface area contributed by atoms with Crippen molar-refractivity contribution in [3.8, 4) is 5.88 Å². The van der Waals surface area contributed by atoms with Crippen molar-refractivity contribution in [3.05, 3.63) is 16.4 Å². The molecule has 0 fully saturated rings. The number of nitrogens with one attached hydrogen (secondary N) is 2. The summed E-state index contributed by atoms with van der Waals surface area (Å²) >= 11 is 0. The van der Waals surface area contributed by atoms with Gasteiger partial charge in [-0.15, -0.1) is 0 Å². The molecule has 0 bridgehead atoms. The third-order valence-electron chi connectivity index (χ3n) is 2.38. The third-order valence-corrected chi connectivity index (χ3v) is 2.38. The van der Waals surface area contributed by atoms with Gasteiger partial charge < -0.3 is 15.4 Å². The summed E-state index contributed by atoms with van der Waals surface area (Å²) in [6.45, 7) is 2.80. The van der Waals surface area contributed by atoms with Gasteiger partial charge in [-0.3, -0.25) is 14.9 Å². The van der Waals surface area contributed by atoms with Crippen LogP contribution in [0.1, 0.15) is 19.8 Å². The lowest BCUT2D eigenvalue weighted by molar-refractivity contribution is -0.385. The molecule has 0 saturated carbocycles. The summed E-state index contributed by atoms with van der Waals surface area (Å²) in [4.78, 5) is 29.2. The molecule has 0 radical (unpaired) electrons. The van der Waals surface area contributed by atoms with E-state index in [0.717, 1.165) is 12.7 Å². The zero-order valence-corrected chi connectivity index (χ0v) is 11.4. The number of methoxy groups -OCH3 is 1. The fourth-order valence-corrected chi connectivity index (χ4v) is 1.45. The standard InChI is InChI=1S/C11H17N5O4/c1-3-5-12-8(17)4-6-13-10-9(16(18)19)11(20-2)15-7-14-10/h7H,3-6H2,1-2H3,(H,12,17)(H,13,14,15). The molecule has 1 aromatic heterocycles. The Balaban J connectivity index is 2.64. The molecule has 0 aromatic carbocycles. The van der Waals surface area contributed by atoms with Crippen LogP contribution in [-0.4, -0.2) is 41.0 Å². The molecule has 20 heavy (non-hydrogen) atoms. The molecule has 2 N–H and O–H groups in total. The topological polar surface area (TPSA) is 119 Å². The molecule has 0 aliphatic carbocycles. The van der Waals surface area contributed by atoms with E-state index in [-0.39, 0.29) is 36.3 Å². The first-order valence-corrected chi connectivity index (χ1v) is 6.14. The van der Waals surface area contributed by atoms with Crippen LogP contribution in [0.2, 0.25) is 0 Å². The van der Waals surface area contributed by atoms with Crippen LogP contribution in [0.5, 0.6) is 5.88 Å². The Morgan fingerprint density at radius 3 is 2.80 bits per heavy atom. The quantitative estimate of drug-likeness (QED) is 0.533. The van der Waals surface area contributed by atoms with Crippen LogP contribution in [-0.2, 0) is 4.79 Å². The van der Waals surface area contributed by atoms with Crippen LogP contribution in [0.3, 0.4) is 0 Å². The zero-order chi connectivity index (χ0) is 15.0. The van der Waals surface area contributed by atoms with Gasteiger partial charge in [0, 0.05) is 19.5 Å².